The first-order chi connectivity index (χ1) is 1.73. The molecule has 0 saturated heterocycles. The van der Waals surface area contributed by atoms with E-state index in [1.807, 2.05) is 0 Å². The molecule has 0 spiro atoms. The third-order valence-corrected chi connectivity index (χ3v) is 0. The Morgan fingerprint density at radius 3 is 2.00 bits per heavy atom. The molecule has 1 atom stereocenters. The zero-order valence-corrected chi connectivity index (χ0v) is 6.08. The van der Waals surface area contributed by atoms with Gasteiger partial charge in [0.2, 0.25) is 0 Å². The molecule has 0 bridgehead atoms. The standard InChI is InChI=1S/CH4O2S.Na.H/c1-4(2)3;;/h1H3,(H,2,3);;/q;+1;-1. The first-order valence-corrected chi connectivity index (χ1v) is 2.27. The molecule has 0 aromatic rings. The average Bonchev–Trinajstić information content (AvgIpc) is 0.811. The van der Waals surface area contributed by atoms with Gasteiger partial charge >= 0.3 is 29.6 Å². The van der Waals surface area contributed by atoms with Gasteiger partial charge in [0.1, 0.15) is 11.1 Å². The van der Waals surface area contributed by atoms with Crippen LogP contribution in [0, 0.1) is 0 Å². The Morgan fingerprint density at radius 2 is 2.00 bits per heavy atom. The van der Waals surface area contributed by atoms with Gasteiger partial charge < -0.3 is 5.98 Å². The number of hydrogen-bond acceptors (Lipinski definition) is 1. The second-order valence-corrected chi connectivity index (χ2v) is 1.27. The van der Waals surface area contributed by atoms with Gasteiger partial charge in [0.15, 0.2) is 0 Å². The first kappa shape index (κ1) is 9.44. The van der Waals surface area contributed by atoms with Crippen molar-refractivity contribution in [2.45, 2.75) is 0 Å². The largest absolute Gasteiger partial charge is 1.00 e. The second kappa shape index (κ2) is 5.11. The maximum Gasteiger partial charge on any atom is 1.00 e. The quantitative estimate of drug-likeness (QED) is 0.262. The third-order valence-electron chi connectivity index (χ3n) is 0. The normalized spacial score (nSPS) is 12.4. The van der Waals surface area contributed by atoms with Crippen molar-refractivity contribution in [3.8, 4) is 0 Å². The minimum Gasteiger partial charge on any atom is -1.00 e. The summed E-state index contributed by atoms with van der Waals surface area (Å²) in [4.78, 5) is 0. The smallest absolute Gasteiger partial charge is 1.00 e. The predicted molar refractivity (Wildman–Crippen MR) is 17.8 cm³/mol. The molecule has 0 fully saturated rings. The molecule has 5 heavy (non-hydrogen) atoms. The van der Waals surface area contributed by atoms with Gasteiger partial charge in [-0.3, -0.25) is 0 Å². The summed E-state index contributed by atoms with van der Waals surface area (Å²) in [5.74, 6) is 0. The van der Waals surface area contributed by atoms with Crippen molar-refractivity contribution in [3.63, 3.8) is 0 Å². The summed E-state index contributed by atoms with van der Waals surface area (Å²) >= 11 is -1.61. The fraction of sp³-hybridized carbons (Fsp3) is 1.00. The van der Waals surface area contributed by atoms with Crippen molar-refractivity contribution in [2.75, 3.05) is 6.26 Å². The molecule has 0 aliphatic heterocycles. The molecule has 2 nitrogen and oxygen atoms in total. The summed E-state index contributed by atoms with van der Waals surface area (Å²) in [6.07, 6.45) is 1.19. The molecule has 0 saturated carbocycles. The van der Waals surface area contributed by atoms with Crippen LogP contribution in [0.3, 0.4) is 0 Å². The molecule has 0 aliphatic rings. The van der Waals surface area contributed by atoms with Crippen molar-refractivity contribution < 1.29 is 39.7 Å². The SMILES string of the molecule is CS(=O)O.[H-].[Na+]. The van der Waals surface area contributed by atoms with Crippen molar-refractivity contribution >= 4 is 11.1 Å². The zero-order chi connectivity index (χ0) is 3.58. The Morgan fingerprint density at radius 1 is 2.00 bits per heavy atom. The molecule has 0 aromatic heterocycles. The van der Waals surface area contributed by atoms with E-state index in [1.54, 1.807) is 0 Å². The maximum absolute atomic E-state index is 9.11. The van der Waals surface area contributed by atoms with Crippen LogP contribution in [-0.2, 0) is 11.1 Å². The fourth-order valence-electron chi connectivity index (χ4n) is 0. The van der Waals surface area contributed by atoms with E-state index in [0.29, 0.717) is 0 Å². The monoisotopic (exact) mass is 104 g/mol. The van der Waals surface area contributed by atoms with Crippen LogP contribution in [0.5, 0.6) is 0 Å². The Bertz CT molecular complexity index is 36.5. The van der Waals surface area contributed by atoms with Gasteiger partial charge in [0.25, 0.3) is 0 Å². The van der Waals surface area contributed by atoms with E-state index in [-0.39, 0.29) is 31.0 Å². The third kappa shape index (κ3) is 40.1. The maximum atomic E-state index is 9.11. The molecule has 0 aliphatic carbocycles. The summed E-state index contributed by atoms with van der Waals surface area (Å²) in [6, 6.07) is 0. The van der Waals surface area contributed by atoms with Crippen molar-refractivity contribution in [1.82, 2.24) is 0 Å². The molecular formula is CH5NaO2S. The Balaban J connectivity index is -0.0000000450. The molecule has 0 amide bonds. The van der Waals surface area contributed by atoms with Gasteiger partial charge in [0.05, 0.1) is 0 Å². The van der Waals surface area contributed by atoms with Gasteiger partial charge in [-0.05, 0) is 0 Å². The fourth-order valence-corrected chi connectivity index (χ4v) is 0. The van der Waals surface area contributed by atoms with Crippen LogP contribution < -0.4 is 29.6 Å². The summed E-state index contributed by atoms with van der Waals surface area (Å²) in [7, 11) is 0. The molecule has 0 radical (unpaired) electrons. The van der Waals surface area contributed by atoms with Crippen LogP contribution in [0.1, 0.15) is 1.43 Å². The predicted octanol–water partition coefficient (Wildman–Crippen LogP) is -3.05. The topological polar surface area (TPSA) is 37.3 Å². The summed E-state index contributed by atoms with van der Waals surface area (Å²) in [5.41, 5.74) is 0. The van der Waals surface area contributed by atoms with Crippen molar-refractivity contribution in [3.05, 3.63) is 0 Å². The molecule has 0 heterocycles. The molecule has 1 N–H and O–H groups in total. The van der Waals surface area contributed by atoms with Crippen molar-refractivity contribution in [2.24, 2.45) is 0 Å². The second-order valence-electron chi connectivity index (χ2n) is 0.424. The van der Waals surface area contributed by atoms with Crippen LogP contribution in [0.25, 0.3) is 0 Å². The van der Waals surface area contributed by atoms with Gasteiger partial charge in [-0.2, -0.15) is 0 Å². The van der Waals surface area contributed by atoms with Crippen LogP contribution >= 0.6 is 0 Å². The number of rotatable bonds is 0. The minimum atomic E-state index is -1.61. The van der Waals surface area contributed by atoms with Gasteiger partial charge in [-0.15, -0.1) is 0 Å². The van der Waals surface area contributed by atoms with Crippen LogP contribution in [0.4, 0.5) is 0 Å². The minimum absolute atomic E-state index is 0. The van der Waals surface area contributed by atoms with E-state index in [2.05, 4.69) is 0 Å². The molecule has 0 aromatic carbocycles. The van der Waals surface area contributed by atoms with Gasteiger partial charge in [0, 0.05) is 6.26 Å². The van der Waals surface area contributed by atoms with E-state index < -0.39 is 11.1 Å². The molecule has 28 valence electrons. The van der Waals surface area contributed by atoms with E-state index >= 15 is 0 Å². The summed E-state index contributed by atoms with van der Waals surface area (Å²) < 4.78 is 16.6. The number of hydrogen-bond donors (Lipinski definition) is 1. The summed E-state index contributed by atoms with van der Waals surface area (Å²) in [5, 5.41) is 0. The molecular weight excluding hydrogens is 99.1 g/mol. The Kier molecular flexibility index (Phi) is 9.65. The van der Waals surface area contributed by atoms with E-state index in [9.17, 15) is 0 Å². The first-order valence-electron chi connectivity index (χ1n) is 0.757. The van der Waals surface area contributed by atoms with E-state index in [1.165, 1.54) is 6.26 Å². The van der Waals surface area contributed by atoms with E-state index in [4.69, 9.17) is 8.76 Å². The molecule has 1 unspecified atom stereocenters. The van der Waals surface area contributed by atoms with Crippen LogP contribution in [0.15, 0.2) is 0 Å². The molecule has 0 rings (SSSR count). The van der Waals surface area contributed by atoms with Crippen LogP contribution in [-0.4, -0.2) is 15.0 Å². The van der Waals surface area contributed by atoms with Gasteiger partial charge in [-0.25, -0.2) is 4.21 Å². The van der Waals surface area contributed by atoms with E-state index in [0.717, 1.165) is 0 Å². The van der Waals surface area contributed by atoms with Crippen LogP contribution in [0.2, 0.25) is 0 Å². The summed E-state index contributed by atoms with van der Waals surface area (Å²) in [6.45, 7) is 0. The molecule has 4 heteroatoms. The van der Waals surface area contributed by atoms with Crippen molar-refractivity contribution in [1.29, 1.82) is 0 Å². The Labute approximate surface area is 57.0 Å². The average molecular weight is 104 g/mol. The Hall–Kier alpha value is 1.11. The zero-order valence-electron chi connectivity index (χ0n) is 4.26. The van der Waals surface area contributed by atoms with Gasteiger partial charge in [-0.1, -0.05) is 0 Å².